The number of carbonyl (C=O) groups excluding carboxylic acids is 1. The maximum absolute atomic E-state index is 12.7. The molecule has 0 spiro atoms. The van der Waals surface area contributed by atoms with Gasteiger partial charge in [-0.05, 0) is 43.4 Å². The third kappa shape index (κ3) is 3.25. The Labute approximate surface area is 165 Å². The fraction of sp³-hybridized carbons (Fsp3) is 0.300. The molecule has 1 unspecified atom stereocenters. The number of nitriles is 1. The summed E-state index contributed by atoms with van der Waals surface area (Å²) in [5.74, 6) is -1.12. The molecule has 0 aliphatic heterocycles. The number of carbonyl (C=O) groups is 1. The van der Waals surface area contributed by atoms with Crippen LogP contribution in [-0.2, 0) is 17.6 Å². The molecule has 28 heavy (non-hydrogen) atoms. The number of benzene rings is 1. The van der Waals surface area contributed by atoms with E-state index in [1.54, 1.807) is 24.3 Å². The van der Waals surface area contributed by atoms with E-state index >= 15 is 0 Å². The van der Waals surface area contributed by atoms with Crippen LogP contribution in [0.15, 0.2) is 29.1 Å². The second-order valence-electron chi connectivity index (χ2n) is 6.63. The Morgan fingerprint density at radius 2 is 2.21 bits per heavy atom. The number of aromatic amines is 1. The van der Waals surface area contributed by atoms with Crippen molar-refractivity contribution in [2.24, 2.45) is 0 Å². The largest absolute Gasteiger partial charge is 0.497 e. The van der Waals surface area contributed by atoms with E-state index in [9.17, 15) is 14.9 Å². The fourth-order valence-corrected chi connectivity index (χ4v) is 4.75. The molecule has 0 radical (unpaired) electrons. The smallest absolute Gasteiger partial charge is 0.259 e. The number of rotatable bonds is 4. The lowest BCUT2D eigenvalue weighted by atomic mass is 9.97. The van der Waals surface area contributed by atoms with E-state index in [4.69, 9.17) is 4.74 Å². The molecule has 0 fully saturated rings. The number of hydrogen-bond donors (Lipinski definition) is 2. The number of fused-ring (bicyclic) bond motifs is 3. The Kier molecular flexibility index (Phi) is 4.84. The predicted octanol–water partition coefficient (Wildman–Crippen LogP) is 3.12. The van der Waals surface area contributed by atoms with Gasteiger partial charge in [-0.15, -0.1) is 11.3 Å². The highest BCUT2D eigenvalue weighted by Crippen LogP contribution is 2.34. The molecule has 1 aliphatic carbocycles. The fourth-order valence-electron chi connectivity index (χ4n) is 3.48. The Balaban J connectivity index is 1.67. The molecule has 0 bridgehead atoms. The Hall–Kier alpha value is -3.18. The van der Waals surface area contributed by atoms with Crippen LogP contribution in [0.5, 0.6) is 5.75 Å². The number of nitrogens with zero attached hydrogens (tertiary/aromatic N) is 2. The minimum Gasteiger partial charge on any atom is -0.497 e. The number of amides is 1. The average molecular weight is 394 g/mol. The molecular weight excluding hydrogens is 376 g/mol. The maximum Gasteiger partial charge on any atom is 0.259 e. The van der Waals surface area contributed by atoms with Gasteiger partial charge in [0.1, 0.15) is 16.4 Å². The van der Waals surface area contributed by atoms with Gasteiger partial charge in [-0.3, -0.25) is 9.59 Å². The third-order valence-corrected chi connectivity index (χ3v) is 6.03. The molecule has 142 valence electrons. The predicted molar refractivity (Wildman–Crippen MR) is 107 cm³/mol. The lowest BCUT2D eigenvalue weighted by molar-refractivity contribution is -0.116. The van der Waals surface area contributed by atoms with E-state index in [-0.39, 0.29) is 11.4 Å². The van der Waals surface area contributed by atoms with E-state index in [0.29, 0.717) is 21.7 Å². The number of H-pyrrole nitrogens is 1. The van der Waals surface area contributed by atoms with Gasteiger partial charge in [0.15, 0.2) is 5.92 Å². The zero-order valence-corrected chi connectivity index (χ0v) is 16.1. The van der Waals surface area contributed by atoms with Crippen LogP contribution in [0.1, 0.15) is 35.0 Å². The zero-order chi connectivity index (χ0) is 19.7. The summed E-state index contributed by atoms with van der Waals surface area (Å²) in [6.07, 6.45) is 3.98. The summed E-state index contributed by atoms with van der Waals surface area (Å²) >= 11 is 1.49. The quantitative estimate of drug-likeness (QED) is 0.707. The first kappa shape index (κ1) is 18.2. The highest BCUT2D eigenvalue weighted by atomic mass is 32.1. The molecule has 8 heteroatoms. The molecule has 4 rings (SSSR count). The van der Waals surface area contributed by atoms with Crippen molar-refractivity contribution in [1.82, 2.24) is 9.97 Å². The molecule has 1 amide bonds. The van der Waals surface area contributed by atoms with Crippen LogP contribution in [0.2, 0.25) is 0 Å². The van der Waals surface area contributed by atoms with Gasteiger partial charge in [0, 0.05) is 16.6 Å². The maximum atomic E-state index is 12.7. The van der Waals surface area contributed by atoms with Crippen molar-refractivity contribution in [3.63, 3.8) is 0 Å². The minimum atomic E-state index is -1.22. The molecule has 1 aromatic carbocycles. The molecule has 1 atom stereocenters. The van der Waals surface area contributed by atoms with Crippen molar-refractivity contribution in [2.45, 2.75) is 31.6 Å². The second-order valence-corrected chi connectivity index (χ2v) is 7.71. The summed E-state index contributed by atoms with van der Waals surface area (Å²) in [6.45, 7) is 0. The van der Waals surface area contributed by atoms with Gasteiger partial charge < -0.3 is 15.0 Å². The van der Waals surface area contributed by atoms with E-state index in [0.717, 1.165) is 31.2 Å². The summed E-state index contributed by atoms with van der Waals surface area (Å²) in [4.78, 5) is 34.2. The molecule has 0 saturated heterocycles. The number of hydrogen-bond acceptors (Lipinski definition) is 6. The normalized spacial score (nSPS) is 14.1. The Bertz CT molecular complexity index is 1160. The zero-order valence-electron chi connectivity index (χ0n) is 15.2. The molecule has 0 saturated carbocycles. The van der Waals surface area contributed by atoms with Gasteiger partial charge >= 0.3 is 0 Å². The molecular formula is C20H18N4O3S. The number of nitrogens with one attached hydrogen (secondary N) is 2. The lowest BCUT2D eigenvalue weighted by Gasteiger charge is -2.11. The van der Waals surface area contributed by atoms with Gasteiger partial charge in [0.05, 0.1) is 18.6 Å². The number of aryl methyl sites for hydroxylation is 2. The first-order valence-corrected chi connectivity index (χ1v) is 9.81. The standard InChI is InChI=1S/C20H18N4O3S/c1-27-12-6-4-5-11(9-12)22-18(25)14(10-21)17-23-19(26)16-13-7-2-3-8-15(13)28-20(16)24-17/h4-6,9,14H,2-3,7-8H2,1H3,(H,22,25)(H,23,24,26). The van der Waals surface area contributed by atoms with Gasteiger partial charge in [0.2, 0.25) is 5.91 Å². The topological polar surface area (TPSA) is 108 Å². The van der Waals surface area contributed by atoms with Crippen molar-refractivity contribution in [2.75, 3.05) is 12.4 Å². The van der Waals surface area contributed by atoms with E-state index < -0.39 is 11.8 Å². The van der Waals surface area contributed by atoms with Crippen LogP contribution in [-0.4, -0.2) is 23.0 Å². The molecule has 2 N–H and O–H groups in total. The summed E-state index contributed by atoms with van der Waals surface area (Å²) in [5.41, 5.74) is 1.29. The van der Waals surface area contributed by atoms with E-state index in [1.165, 1.54) is 23.3 Å². The number of ether oxygens (including phenoxy) is 1. The van der Waals surface area contributed by atoms with Gasteiger partial charge in [0.25, 0.3) is 5.56 Å². The molecule has 7 nitrogen and oxygen atoms in total. The van der Waals surface area contributed by atoms with Crippen molar-refractivity contribution >= 4 is 33.1 Å². The molecule has 1 aliphatic rings. The average Bonchev–Trinajstić information content (AvgIpc) is 3.07. The molecule has 3 aromatic rings. The van der Waals surface area contributed by atoms with E-state index in [2.05, 4.69) is 15.3 Å². The number of methoxy groups -OCH3 is 1. The van der Waals surface area contributed by atoms with Crippen LogP contribution < -0.4 is 15.6 Å². The van der Waals surface area contributed by atoms with Crippen LogP contribution in [0.3, 0.4) is 0 Å². The number of anilines is 1. The lowest BCUT2D eigenvalue weighted by Crippen LogP contribution is -2.24. The second kappa shape index (κ2) is 7.44. The first-order valence-electron chi connectivity index (χ1n) is 8.99. The van der Waals surface area contributed by atoms with Crippen molar-refractivity contribution in [1.29, 1.82) is 5.26 Å². The first-order chi connectivity index (χ1) is 13.6. The number of aromatic nitrogens is 2. The van der Waals surface area contributed by atoms with Crippen molar-refractivity contribution in [3.8, 4) is 11.8 Å². The summed E-state index contributed by atoms with van der Waals surface area (Å²) in [5, 5.41) is 12.8. The highest BCUT2D eigenvalue weighted by molar-refractivity contribution is 7.18. The number of thiophene rings is 1. The SMILES string of the molecule is COc1cccc(NC(=O)C(C#N)c2nc3sc4c(c3c(=O)[nH]2)CCCC4)c1. The third-order valence-electron chi connectivity index (χ3n) is 4.85. The molecule has 2 heterocycles. The highest BCUT2D eigenvalue weighted by Gasteiger charge is 2.26. The van der Waals surface area contributed by atoms with Crippen LogP contribution >= 0.6 is 11.3 Å². The minimum absolute atomic E-state index is 0.0685. The van der Waals surface area contributed by atoms with Crippen LogP contribution in [0.25, 0.3) is 10.2 Å². The van der Waals surface area contributed by atoms with Gasteiger partial charge in [-0.2, -0.15) is 5.26 Å². The molecule has 2 aromatic heterocycles. The summed E-state index contributed by atoms with van der Waals surface area (Å²) in [6, 6.07) is 8.78. The van der Waals surface area contributed by atoms with Crippen LogP contribution in [0.4, 0.5) is 5.69 Å². The Morgan fingerprint density at radius 1 is 1.39 bits per heavy atom. The summed E-state index contributed by atoms with van der Waals surface area (Å²) < 4.78 is 5.14. The van der Waals surface area contributed by atoms with Crippen molar-refractivity contribution in [3.05, 3.63) is 50.9 Å². The van der Waals surface area contributed by atoms with Gasteiger partial charge in [-0.1, -0.05) is 6.07 Å². The Morgan fingerprint density at radius 3 is 3.00 bits per heavy atom. The monoisotopic (exact) mass is 394 g/mol. The summed E-state index contributed by atoms with van der Waals surface area (Å²) in [7, 11) is 1.53. The van der Waals surface area contributed by atoms with Gasteiger partial charge in [-0.25, -0.2) is 4.98 Å². The van der Waals surface area contributed by atoms with Crippen LogP contribution in [0, 0.1) is 11.3 Å². The van der Waals surface area contributed by atoms with Crippen molar-refractivity contribution < 1.29 is 9.53 Å². The van der Waals surface area contributed by atoms with E-state index in [1.807, 2.05) is 6.07 Å².